The normalized spacial score (nSPS) is 13.4. The van der Waals surface area contributed by atoms with E-state index >= 15 is 0 Å². The number of carbonyl (C=O) groups is 1. The molecule has 1 N–H and O–H groups in total. The van der Waals surface area contributed by atoms with Crippen LogP contribution < -0.4 is 14.8 Å². The summed E-state index contributed by atoms with van der Waals surface area (Å²) >= 11 is 6.18. The molecule has 4 nitrogen and oxygen atoms in total. The van der Waals surface area contributed by atoms with Gasteiger partial charge in [-0.25, -0.2) is 4.39 Å². The molecule has 0 atom stereocenters. The Morgan fingerprint density at radius 2 is 2.08 bits per heavy atom. The van der Waals surface area contributed by atoms with Crippen LogP contribution in [0.2, 0.25) is 5.02 Å². The van der Waals surface area contributed by atoms with Crippen molar-refractivity contribution in [2.24, 2.45) is 5.92 Å². The lowest BCUT2D eigenvalue weighted by Gasteiger charge is -2.13. The highest BCUT2D eigenvalue weighted by molar-refractivity contribution is 6.34. The fraction of sp³-hybridized carbons (Fsp3) is 0.316. The average Bonchev–Trinajstić information content (AvgIpc) is 3.42. The van der Waals surface area contributed by atoms with Crippen LogP contribution in [0.25, 0.3) is 0 Å². The van der Waals surface area contributed by atoms with Crippen molar-refractivity contribution >= 4 is 17.5 Å². The van der Waals surface area contributed by atoms with E-state index in [0.717, 1.165) is 12.8 Å². The standard InChI is InChI=1S/C19H19ClFNO3/c1-24-16-8-7-13(9-15(16)21)10-22-19(23)18-14(20)3-2-4-17(18)25-11-12-5-6-12/h2-4,7-9,12H,5-6,10-11H2,1H3,(H,22,23). The summed E-state index contributed by atoms with van der Waals surface area (Å²) in [4.78, 5) is 12.5. The van der Waals surface area contributed by atoms with Crippen molar-refractivity contribution in [3.8, 4) is 11.5 Å². The number of benzene rings is 2. The fourth-order valence-electron chi connectivity index (χ4n) is 2.43. The maximum absolute atomic E-state index is 13.7. The summed E-state index contributed by atoms with van der Waals surface area (Å²) in [7, 11) is 1.40. The molecular weight excluding hydrogens is 345 g/mol. The lowest BCUT2D eigenvalue weighted by atomic mass is 10.1. The molecule has 0 heterocycles. The highest BCUT2D eigenvalue weighted by Crippen LogP contribution is 2.32. The molecule has 0 unspecified atom stereocenters. The Kier molecular flexibility index (Phi) is 5.43. The van der Waals surface area contributed by atoms with Crippen molar-refractivity contribution in [3.63, 3.8) is 0 Å². The van der Waals surface area contributed by atoms with Gasteiger partial charge in [0, 0.05) is 6.54 Å². The number of carbonyl (C=O) groups excluding carboxylic acids is 1. The van der Waals surface area contributed by atoms with Crippen molar-refractivity contribution < 1.29 is 18.7 Å². The van der Waals surface area contributed by atoms with E-state index in [1.165, 1.54) is 19.2 Å². The lowest BCUT2D eigenvalue weighted by Crippen LogP contribution is -2.24. The molecule has 2 aromatic rings. The third-order valence-electron chi connectivity index (χ3n) is 4.04. The van der Waals surface area contributed by atoms with Crippen LogP contribution in [0.3, 0.4) is 0 Å². The first-order chi connectivity index (χ1) is 12.1. The summed E-state index contributed by atoms with van der Waals surface area (Å²) in [5, 5.41) is 3.08. The van der Waals surface area contributed by atoms with E-state index in [1.807, 2.05) is 0 Å². The van der Waals surface area contributed by atoms with Crippen LogP contribution in [0.5, 0.6) is 11.5 Å². The first-order valence-electron chi connectivity index (χ1n) is 8.10. The molecule has 2 aromatic carbocycles. The molecule has 1 aliphatic rings. The number of halogens is 2. The van der Waals surface area contributed by atoms with Gasteiger partial charge in [0.15, 0.2) is 11.6 Å². The second-order valence-electron chi connectivity index (χ2n) is 6.02. The largest absolute Gasteiger partial charge is 0.494 e. The molecule has 1 aliphatic carbocycles. The highest BCUT2D eigenvalue weighted by Gasteiger charge is 2.24. The Morgan fingerprint density at radius 1 is 1.28 bits per heavy atom. The molecule has 3 rings (SSSR count). The van der Waals surface area contributed by atoms with Crippen LogP contribution in [0.15, 0.2) is 36.4 Å². The monoisotopic (exact) mass is 363 g/mol. The topological polar surface area (TPSA) is 47.6 Å². The maximum atomic E-state index is 13.7. The zero-order chi connectivity index (χ0) is 17.8. The van der Waals surface area contributed by atoms with Gasteiger partial charge >= 0.3 is 0 Å². The smallest absolute Gasteiger partial charge is 0.256 e. The van der Waals surface area contributed by atoms with Crippen molar-refractivity contribution in [2.45, 2.75) is 19.4 Å². The summed E-state index contributed by atoms with van der Waals surface area (Å²) < 4.78 is 24.4. The van der Waals surface area contributed by atoms with Gasteiger partial charge < -0.3 is 14.8 Å². The summed E-state index contributed by atoms with van der Waals surface area (Å²) in [5.74, 6) is 0.375. The summed E-state index contributed by atoms with van der Waals surface area (Å²) in [5.41, 5.74) is 0.929. The van der Waals surface area contributed by atoms with E-state index in [0.29, 0.717) is 34.4 Å². The van der Waals surface area contributed by atoms with Crippen molar-refractivity contribution in [1.29, 1.82) is 0 Å². The Balaban J connectivity index is 1.69. The van der Waals surface area contributed by atoms with Crippen LogP contribution in [-0.4, -0.2) is 19.6 Å². The van der Waals surface area contributed by atoms with Gasteiger partial charge in [-0.05, 0) is 48.6 Å². The number of rotatable bonds is 7. The second kappa shape index (κ2) is 7.74. The molecule has 0 saturated heterocycles. The number of amides is 1. The first kappa shape index (κ1) is 17.5. The van der Waals surface area contributed by atoms with Gasteiger partial charge in [-0.2, -0.15) is 0 Å². The molecular formula is C19H19ClFNO3. The SMILES string of the molecule is COc1ccc(CNC(=O)c2c(Cl)cccc2OCC2CC2)cc1F. The number of ether oxygens (including phenoxy) is 2. The van der Waals surface area contributed by atoms with E-state index in [4.69, 9.17) is 21.1 Å². The van der Waals surface area contributed by atoms with E-state index in [1.54, 1.807) is 24.3 Å². The van der Waals surface area contributed by atoms with Crippen LogP contribution in [0, 0.1) is 11.7 Å². The van der Waals surface area contributed by atoms with Gasteiger partial charge in [0.2, 0.25) is 0 Å². The van der Waals surface area contributed by atoms with Crippen molar-refractivity contribution in [3.05, 3.63) is 58.4 Å². The molecule has 132 valence electrons. The summed E-state index contributed by atoms with van der Waals surface area (Å²) in [6, 6.07) is 9.68. The van der Waals surface area contributed by atoms with Gasteiger partial charge in [-0.15, -0.1) is 0 Å². The summed E-state index contributed by atoms with van der Waals surface area (Å²) in [6.07, 6.45) is 2.32. The molecule has 0 aliphatic heterocycles. The van der Waals surface area contributed by atoms with E-state index in [-0.39, 0.29) is 18.2 Å². The maximum Gasteiger partial charge on any atom is 0.256 e. The van der Waals surface area contributed by atoms with Gasteiger partial charge in [-0.1, -0.05) is 23.7 Å². The first-order valence-corrected chi connectivity index (χ1v) is 8.48. The Morgan fingerprint density at radius 3 is 2.76 bits per heavy atom. The minimum absolute atomic E-state index is 0.164. The second-order valence-corrected chi connectivity index (χ2v) is 6.43. The van der Waals surface area contributed by atoms with Crippen molar-refractivity contribution in [1.82, 2.24) is 5.32 Å². The van der Waals surface area contributed by atoms with E-state index in [2.05, 4.69) is 5.32 Å². The minimum atomic E-state index is -0.472. The van der Waals surface area contributed by atoms with Crippen LogP contribution in [0.4, 0.5) is 4.39 Å². The molecule has 0 aromatic heterocycles. The van der Waals surface area contributed by atoms with E-state index in [9.17, 15) is 9.18 Å². The number of methoxy groups -OCH3 is 1. The molecule has 0 bridgehead atoms. The zero-order valence-corrected chi connectivity index (χ0v) is 14.6. The summed E-state index contributed by atoms with van der Waals surface area (Å²) in [6.45, 7) is 0.761. The van der Waals surface area contributed by atoms with Gasteiger partial charge in [0.05, 0.1) is 24.3 Å². The molecule has 6 heteroatoms. The van der Waals surface area contributed by atoms with Gasteiger partial charge in [0.1, 0.15) is 5.75 Å². The fourth-order valence-corrected chi connectivity index (χ4v) is 2.68. The molecule has 0 radical (unpaired) electrons. The third-order valence-corrected chi connectivity index (χ3v) is 4.36. The van der Waals surface area contributed by atoms with Crippen LogP contribution in [-0.2, 0) is 6.54 Å². The van der Waals surface area contributed by atoms with Gasteiger partial charge in [0.25, 0.3) is 5.91 Å². The van der Waals surface area contributed by atoms with Crippen molar-refractivity contribution in [2.75, 3.05) is 13.7 Å². The Labute approximate surface area is 150 Å². The molecule has 1 fully saturated rings. The number of nitrogens with one attached hydrogen (secondary N) is 1. The quantitative estimate of drug-likeness (QED) is 0.801. The Hall–Kier alpha value is -2.27. The zero-order valence-electron chi connectivity index (χ0n) is 13.9. The average molecular weight is 364 g/mol. The van der Waals surface area contributed by atoms with Gasteiger partial charge in [-0.3, -0.25) is 4.79 Å². The van der Waals surface area contributed by atoms with E-state index < -0.39 is 5.82 Å². The lowest BCUT2D eigenvalue weighted by molar-refractivity contribution is 0.0946. The number of hydrogen-bond acceptors (Lipinski definition) is 3. The highest BCUT2D eigenvalue weighted by atomic mass is 35.5. The number of hydrogen-bond donors (Lipinski definition) is 1. The van der Waals surface area contributed by atoms with Crippen LogP contribution >= 0.6 is 11.6 Å². The molecule has 25 heavy (non-hydrogen) atoms. The minimum Gasteiger partial charge on any atom is -0.494 e. The molecule has 1 saturated carbocycles. The molecule has 0 spiro atoms. The molecule has 1 amide bonds. The predicted molar refractivity (Wildman–Crippen MR) is 93.8 cm³/mol. The third kappa shape index (κ3) is 4.42. The predicted octanol–water partition coefficient (Wildman–Crippen LogP) is 4.21. The Bertz CT molecular complexity index is 777. The van der Waals surface area contributed by atoms with Crippen LogP contribution in [0.1, 0.15) is 28.8 Å².